The lowest BCUT2D eigenvalue weighted by molar-refractivity contribution is 0.116. The van der Waals surface area contributed by atoms with Crippen molar-refractivity contribution in [1.29, 1.82) is 0 Å². The Morgan fingerprint density at radius 3 is 2.35 bits per heavy atom. The second kappa shape index (κ2) is 5.79. The van der Waals surface area contributed by atoms with Crippen molar-refractivity contribution in [1.82, 2.24) is 0 Å². The van der Waals surface area contributed by atoms with Crippen LogP contribution in [0.5, 0.6) is 0 Å². The normalized spacial score (nSPS) is 24.7. The van der Waals surface area contributed by atoms with Gasteiger partial charge in [0.05, 0.1) is 27.9 Å². The summed E-state index contributed by atoms with van der Waals surface area (Å²) >= 11 is 15.6. The van der Waals surface area contributed by atoms with Crippen molar-refractivity contribution >= 4 is 44.8 Å². The number of aliphatic hydroxyl groups is 1. The molecule has 1 aliphatic carbocycles. The summed E-state index contributed by atoms with van der Waals surface area (Å²) < 4.78 is 0.849. The first-order valence-electron chi connectivity index (χ1n) is 5.67. The van der Waals surface area contributed by atoms with Gasteiger partial charge in [0, 0.05) is 4.47 Å². The van der Waals surface area contributed by atoms with Crippen LogP contribution in [0.25, 0.3) is 0 Å². The van der Waals surface area contributed by atoms with Gasteiger partial charge in [0.25, 0.3) is 0 Å². The highest BCUT2D eigenvalue weighted by Gasteiger charge is 2.24. The second-order valence-electron chi connectivity index (χ2n) is 4.35. The molecule has 0 aliphatic heterocycles. The van der Waals surface area contributed by atoms with Crippen molar-refractivity contribution in [3.05, 3.63) is 26.7 Å². The molecule has 0 radical (unpaired) electrons. The van der Waals surface area contributed by atoms with Crippen molar-refractivity contribution in [3.8, 4) is 0 Å². The molecule has 0 bridgehead atoms. The van der Waals surface area contributed by atoms with Crippen molar-refractivity contribution in [2.45, 2.75) is 37.8 Å². The average Bonchev–Trinajstić information content (AvgIpc) is 2.25. The predicted octanol–water partition coefficient (Wildman–Crippen LogP) is 4.47. The summed E-state index contributed by atoms with van der Waals surface area (Å²) in [7, 11) is 0. The van der Waals surface area contributed by atoms with Gasteiger partial charge in [0.15, 0.2) is 0 Å². The molecule has 94 valence electrons. The number of hydrogen-bond donors (Lipinski definition) is 2. The molecule has 2 nitrogen and oxygen atoms in total. The first kappa shape index (κ1) is 13.5. The zero-order valence-electron chi connectivity index (χ0n) is 9.22. The molecule has 1 fully saturated rings. The molecule has 2 N–H and O–H groups in total. The molecular formula is C12H14BrCl2NO. The molecule has 2 rings (SSSR count). The Labute approximate surface area is 119 Å². The predicted molar refractivity (Wildman–Crippen MR) is 76.0 cm³/mol. The molecule has 0 spiro atoms. The fourth-order valence-electron chi connectivity index (χ4n) is 2.15. The summed E-state index contributed by atoms with van der Waals surface area (Å²) in [5.41, 5.74) is 0.711. The summed E-state index contributed by atoms with van der Waals surface area (Å²) in [6.07, 6.45) is 3.68. The van der Waals surface area contributed by atoms with Crippen LogP contribution in [0.1, 0.15) is 25.7 Å². The van der Waals surface area contributed by atoms with Gasteiger partial charge in [-0.25, -0.2) is 0 Å². The lowest BCUT2D eigenvalue weighted by Crippen LogP contribution is -2.36. The minimum atomic E-state index is -0.320. The molecular weight excluding hydrogens is 325 g/mol. The maximum Gasteiger partial charge on any atom is 0.0741 e. The molecule has 2 unspecified atom stereocenters. The van der Waals surface area contributed by atoms with E-state index in [0.29, 0.717) is 15.7 Å². The Kier molecular flexibility index (Phi) is 4.59. The van der Waals surface area contributed by atoms with E-state index in [-0.39, 0.29) is 12.1 Å². The molecule has 0 aromatic heterocycles. The highest BCUT2D eigenvalue weighted by atomic mass is 79.9. The molecule has 1 aromatic carbocycles. The number of halogens is 3. The number of rotatable bonds is 2. The fourth-order valence-corrected chi connectivity index (χ4v) is 3.46. The highest BCUT2D eigenvalue weighted by molar-refractivity contribution is 9.10. The van der Waals surface area contributed by atoms with Crippen LogP contribution in [-0.2, 0) is 0 Å². The zero-order chi connectivity index (χ0) is 12.4. The topological polar surface area (TPSA) is 32.3 Å². The van der Waals surface area contributed by atoms with E-state index in [1.165, 1.54) is 0 Å². The molecule has 1 aromatic rings. The number of hydrogen-bond acceptors (Lipinski definition) is 2. The summed E-state index contributed by atoms with van der Waals surface area (Å²) in [5, 5.41) is 14.3. The minimum absolute atomic E-state index is 0.0416. The van der Waals surface area contributed by atoms with Gasteiger partial charge in [0.2, 0.25) is 0 Å². The standard InChI is InChI=1S/C12H14BrCl2NO/c13-7-5-8(14)12(9(15)6-7)16-10-3-1-2-4-11(10)17/h5-6,10-11,16-17H,1-4H2. The SMILES string of the molecule is OC1CCCCC1Nc1c(Cl)cc(Br)cc1Cl. The van der Waals surface area contributed by atoms with E-state index < -0.39 is 0 Å². The lowest BCUT2D eigenvalue weighted by Gasteiger charge is -2.29. The van der Waals surface area contributed by atoms with Gasteiger partial charge in [0.1, 0.15) is 0 Å². The highest BCUT2D eigenvalue weighted by Crippen LogP contribution is 2.35. The number of anilines is 1. The first-order valence-corrected chi connectivity index (χ1v) is 7.22. The van der Waals surface area contributed by atoms with Gasteiger partial charge in [-0.2, -0.15) is 0 Å². The third-order valence-corrected chi connectivity index (χ3v) is 4.12. The maximum absolute atomic E-state index is 9.91. The van der Waals surface area contributed by atoms with Gasteiger partial charge in [-0.05, 0) is 25.0 Å². The molecule has 0 amide bonds. The third-order valence-electron chi connectivity index (χ3n) is 3.07. The number of benzene rings is 1. The Bertz CT molecular complexity index is 390. The van der Waals surface area contributed by atoms with E-state index in [0.717, 1.165) is 30.2 Å². The average molecular weight is 339 g/mol. The van der Waals surface area contributed by atoms with Crippen LogP contribution >= 0.6 is 39.1 Å². The van der Waals surface area contributed by atoms with Gasteiger partial charge in [-0.3, -0.25) is 0 Å². The third kappa shape index (κ3) is 3.28. The van der Waals surface area contributed by atoms with E-state index in [1.807, 2.05) is 0 Å². The summed E-state index contributed by atoms with van der Waals surface area (Å²) in [4.78, 5) is 0. The van der Waals surface area contributed by atoms with Crippen molar-refractivity contribution in [3.63, 3.8) is 0 Å². The Hall–Kier alpha value is 0.0400. The molecule has 5 heteroatoms. The van der Waals surface area contributed by atoms with Gasteiger partial charge < -0.3 is 10.4 Å². The smallest absolute Gasteiger partial charge is 0.0741 e. The van der Waals surface area contributed by atoms with Crippen molar-refractivity contribution in [2.24, 2.45) is 0 Å². The number of nitrogens with one attached hydrogen (secondary N) is 1. The fraction of sp³-hybridized carbons (Fsp3) is 0.500. The lowest BCUT2D eigenvalue weighted by atomic mass is 9.92. The summed E-state index contributed by atoms with van der Waals surface area (Å²) in [5.74, 6) is 0. The van der Waals surface area contributed by atoms with E-state index in [2.05, 4.69) is 21.2 Å². The van der Waals surface area contributed by atoms with Crippen LogP contribution < -0.4 is 5.32 Å². The molecule has 0 heterocycles. The Morgan fingerprint density at radius 1 is 1.18 bits per heavy atom. The largest absolute Gasteiger partial charge is 0.391 e. The summed E-state index contributed by atoms with van der Waals surface area (Å²) in [6.45, 7) is 0. The zero-order valence-corrected chi connectivity index (χ0v) is 12.3. The van der Waals surface area contributed by atoms with Gasteiger partial charge in [-0.1, -0.05) is 52.0 Å². The Morgan fingerprint density at radius 2 is 1.76 bits per heavy atom. The molecule has 0 saturated heterocycles. The van der Waals surface area contributed by atoms with Gasteiger partial charge >= 0.3 is 0 Å². The van der Waals surface area contributed by atoms with E-state index >= 15 is 0 Å². The van der Waals surface area contributed by atoms with Crippen molar-refractivity contribution < 1.29 is 5.11 Å². The van der Waals surface area contributed by atoms with Crippen LogP contribution in [0.4, 0.5) is 5.69 Å². The van der Waals surface area contributed by atoms with Crippen LogP contribution in [0.3, 0.4) is 0 Å². The monoisotopic (exact) mass is 337 g/mol. The van der Waals surface area contributed by atoms with Crippen LogP contribution in [-0.4, -0.2) is 17.3 Å². The van der Waals surface area contributed by atoms with Crippen LogP contribution in [0, 0.1) is 0 Å². The van der Waals surface area contributed by atoms with E-state index in [4.69, 9.17) is 23.2 Å². The Balaban J connectivity index is 2.17. The van der Waals surface area contributed by atoms with Crippen LogP contribution in [0.15, 0.2) is 16.6 Å². The molecule has 1 saturated carbocycles. The summed E-state index contributed by atoms with van der Waals surface area (Å²) in [6, 6.07) is 3.63. The van der Waals surface area contributed by atoms with E-state index in [9.17, 15) is 5.11 Å². The molecule has 17 heavy (non-hydrogen) atoms. The second-order valence-corrected chi connectivity index (χ2v) is 6.08. The van der Waals surface area contributed by atoms with Crippen LogP contribution in [0.2, 0.25) is 10.0 Å². The van der Waals surface area contributed by atoms with E-state index in [1.54, 1.807) is 12.1 Å². The first-order chi connectivity index (χ1) is 8.08. The number of aliphatic hydroxyl groups excluding tert-OH is 1. The minimum Gasteiger partial charge on any atom is -0.391 e. The molecule has 1 aliphatic rings. The molecule has 2 atom stereocenters. The van der Waals surface area contributed by atoms with Gasteiger partial charge in [-0.15, -0.1) is 0 Å². The maximum atomic E-state index is 9.91. The quantitative estimate of drug-likeness (QED) is 0.833. The van der Waals surface area contributed by atoms with Crippen molar-refractivity contribution in [2.75, 3.05) is 5.32 Å².